The van der Waals surface area contributed by atoms with Gasteiger partial charge in [-0.3, -0.25) is 4.68 Å². The summed E-state index contributed by atoms with van der Waals surface area (Å²) >= 11 is 0. The second-order valence-electron chi connectivity index (χ2n) is 9.63. The van der Waals surface area contributed by atoms with Crippen LogP contribution in [-0.4, -0.2) is 44.2 Å². The summed E-state index contributed by atoms with van der Waals surface area (Å²) in [6.45, 7) is 0. The minimum absolute atomic E-state index is 0.498. The zero-order chi connectivity index (χ0) is 29.7. The molecular formula is C34H31N2O6-. The summed E-state index contributed by atoms with van der Waals surface area (Å²) in [5, 5.41) is 16.4. The van der Waals surface area contributed by atoms with Crippen LogP contribution in [0.5, 0.6) is 17.2 Å². The highest BCUT2D eigenvalue weighted by molar-refractivity contribution is 5.73. The Labute approximate surface area is 244 Å². The van der Waals surface area contributed by atoms with E-state index in [1.807, 2.05) is 95.8 Å². The molecule has 0 amide bonds. The van der Waals surface area contributed by atoms with Crippen molar-refractivity contribution in [1.29, 1.82) is 0 Å². The average Bonchev–Trinajstić information content (AvgIpc) is 3.53. The molecule has 1 aromatic heterocycles. The van der Waals surface area contributed by atoms with E-state index < -0.39 is 17.6 Å². The monoisotopic (exact) mass is 563 g/mol. The summed E-state index contributed by atoms with van der Waals surface area (Å²) in [4.78, 5) is 11.5. The van der Waals surface area contributed by atoms with Crippen LogP contribution in [0.4, 0.5) is 0 Å². The Hall–Kier alpha value is -5.08. The molecule has 0 aliphatic carbocycles. The number of carbonyl (C=O) groups excluding carboxylic acids is 1. The summed E-state index contributed by atoms with van der Waals surface area (Å²) in [5.74, 6) is 0.930. The lowest BCUT2D eigenvalue weighted by Crippen LogP contribution is -2.38. The molecule has 8 heteroatoms. The van der Waals surface area contributed by atoms with Crippen molar-refractivity contribution in [3.63, 3.8) is 0 Å². The lowest BCUT2D eigenvalue weighted by Gasteiger charge is -2.36. The van der Waals surface area contributed by atoms with Gasteiger partial charge < -0.3 is 28.8 Å². The topological polar surface area (TPSA) is 94.9 Å². The van der Waals surface area contributed by atoms with Crippen molar-refractivity contribution in [2.45, 2.75) is 11.6 Å². The third-order valence-corrected chi connectivity index (χ3v) is 7.45. The maximum Gasteiger partial charge on any atom is 0.138 e. The predicted octanol–water partition coefficient (Wildman–Crippen LogP) is 4.85. The summed E-state index contributed by atoms with van der Waals surface area (Å²) in [5.41, 5.74) is 4.20. The summed E-state index contributed by atoms with van der Waals surface area (Å²) in [6.07, 6.45) is 2.64. The van der Waals surface area contributed by atoms with Crippen molar-refractivity contribution in [3.8, 4) is 28.4 Å². The quantitative estimate of drug-likeness (QED) is 0.212. The molecule has 214 valence electrons. The maximum absolute atomic E-state index is 11.5. The third kappa shape index (κ3) is 5.20. The van der Waals surface area contributed by atoms with Crippen molar-refractivity contribution in [3.05, 3.63) is 132 Å². The van der Waals surface area contributed by atoms with E-state index in [4.69, 9.17) is 24.0 Å². The van der Waals surface area contributed by atoms with Gasteiger partial charge in [0.2, 0.25) is 0 Å². The van der Waals surface area contributed by atoms with E-state index in [1.54, 1.807) is 39.7 Å². The van der Waals surface area contributed by atoms with Crippen molar-refractivity contribution in [2.75, 3.05) is 28.4 Å². The van der Waals surface area contributed by atoms with Crippen LogP contribution in [0.25, 0.3) is 11.1 Å². The molecule has 8 nitrogen and oxygen atoms in total. The van der Waals surface area contributed by atoms with Gasteiger partial charge in [-0.05, 0) is 64.2 Å². The molecule has 0 radical (unpaired) electrons. The van der Waals surface area contributed by atoms with Gasteiger partial charge in [-0.2, -0.15) is 5.10 Å². The molecular weight excluding hydrogens is 532 g/mol. The molecule has 0 aliphatic rings. The predicted molar refractivity (Wildman–Crippen MR) is 157 cm³/mol. The third-order valence-electron chi connectivity index (χ3n) is 7.45. The summed E-state index contributed by atoms with van der Waals surface area (Å²) in [6, 6.07) is 31.0. The first-order chi connectivity index (χ1) is 20.4. The van der Waals surface area contributed by atoms with Gasteiger partial charge in [-0.15, -0.1) is 0 Å². The number of rotatable bonds is 11. The molecule has 0 N–H and O–H groups in total. The largest absolute Gasteiger partial charge is 0.547 e. The van der Waals surface area contributed by atoms with Gasteiger partial charge in [-0.25, -0.2) is 0 Å². The van der Waals surface area contributed by atoms with E-state index in [2.05, 4.69) is 0 Å². The molecule has 4 aromatic carbocycles. The number of nitrogens with zero attached hydrogens (tertiary/aromatic N) is 2. The zero-order valence-corrected chi connectivity index (χ0v) is 23.8. The first-order valence-corrected chi connectivity index (χ1v) is 13.3. The Morgan fingerprint density at radius 3 is 1.45 bits per heavy atom. The molecule has 0 aliphatic heterocycles. The van der Waals surface area contributed by atoms with Crippen LogP contribution >= 0.6 is 0 Å². The second-order valence-corrected chi connectivity index (χ2v) is 9.63. The lowest BCUT2D eigenvalue weighted by atomic mass is 9.77. The van der Waals surface area contributed by atoms with Gasteiger partial charge in [0.15, 0.2) is 0 Å². The Morgan fingerprint density at radius 2 is 1.10 bits per heavy atom. The minimum atomic E-state index is -1.29. The van der Waals surface area contributed by atoms with Crippen molar-refractivity contribution in [2.24, 2.45) is 0 Å². The van der Waals surface area contributed by atoms with Crippen LogP contribution in [0, 0.1) is 0 Å². The van der Waals surface area contributed by atoms with Gasteiger partial charge in [0.1, 0.15) is 28.9 Å². The molecule has 0 bridgehead atoms. The van der Waals surface area contributed by atoms with Crippen LogP contribution in [0.15, 0.2) is 109 Å². The van der Waals surface area contributed by atoms with E-state index in [-0.39, 0.29) is 0 Å². The standard InChI is InChI=1S/C34H32N2O6/c1-39-29-15-9-26(10-16-29)34(27-11-17-30(40-2)18-12-27,28-13-19-31(41-3)20-14-28)36-22-25(21-35-36)23-5-7-24(8-6-23)32(42-4)33(37)38/h5-22,32H,1-4H3,(H,37,38)/p-1. The highest BCUT2D eigenvalue weighted by Crippen LogP contribution is 2.42. The van der Waals surface area contributed by atoms with E-state index >= 15 is 0 Å². The highest BCUT2D eigenvalue weighted by Gasteiger charge is 2.40. The normalized spacial score (nSPS) is 12.0. The van der Waals surface area contributed by atoms with Crippen LogP contribution in [-0.2, 0) is 15.1 Å². The van der Waals surface area contributed by atoms with Crippen molar-refractivity contribution in [1.82, 2.24) is 9.78 Å². The fourth-order valence-corrected chi connectivity index (χ4v) is 5.27. The number of benzene rings is 4. The van der Waals surface area contributed by atoms with Gasteiger partial charge in [0.25, 0.3) is 0 Å². The molecule has 1 unspecified atom stereocenters. The van der Waals surface area contributed by atoms with Gasteiger partial charge >= 0.3 is 0 Å². The molecule has 0 saturated heterocycles. The van der Waals surface area contributed by atoms with Gasteiger partial charge in [0.05, 0.1) is 33.5 Å². The van der Waals surface area contributed by atoms with E-state index in [0.717, 1.165) is 45.1 Å². The van der Waals surface area contributed by atoms with E-state index in [0.29, 0.717) is 5.56 Å². The molecule has 1 atom stereocenters. The van der Waals surface area contributed by atoms with Crippen LogP contribution in [0.1, 0.15) is 28.4 Å². The Bertz CT molecular complexity index is 1510. The van der Waals surface area contributed by atoms with Crippen molar-refractivity contribution < 1.29 is 28.8 Å². The molecule has 5 rings (SSSR count). The van der Waals surface area contributed by atoms with Gasteiger partial charge in [-0.1, -0.05) is 60.7 Å². The number of methoxy groups -OCH3 is 4. The zero-order valence-electron chi connectivity index (χ0n) is 23.8. The second kappa shape index (κ2) is 12.2. The summed E-state index contributed by atoms with van der Waals surface area (Å²) in [7, 11) is 6.27. The van der Waals surface area contributed by atoms with Gasteiger partial charge in [0, 0.05) is 18.9 Å². The first-order valence-electron chi connectivity index (χ1n) is 13.3. The number of ether oxygens (including phenoxy) is 4. The van der Waals surface area contributed by atoms with E-state index in [9.17, 15) is 9.90 Å². The van der Waals surface area contributed by atoms with Crippen LogP contribution in [0.3, 0.4) is 0 Å². The lowest BCUT2D eigenvalue weighted by molar-refractivity contribution is -0.316. The number of hydrogen-bond donors (Lipinski definition) is 0. The number of carboxylic acid groups (broad SMARTS) is 1. The molecule has 5 aromatic rings. The highest BCUT2D eigenvalue weighted by atomic mass is 16.5. The number of hydrogen-bond acceptors (Lipinski definition) is 7. The van der Waals surface area contributed by atoms with Crippen molar-refractivity contribution >= 4 is 5.97 Å². The Balaban J connectivity index is 1.71. The van der Waals surface area contributed by atoms with Crippen LogP contribution in [0.2, 0.25) is 0 Å². The fraction of sp³-hybridized carbons (Fsp3) is 0.176. The molecule has 42 heavy (non-hydrogen) atoms. The number of carboxylic acids is 1. The molecule has 0 fully saturated rings. The SMILES string of the molecule is COc1ccc(C(c2ccc(OC)cc2)(c2ccc(OC)cc2)n2cc(-c3ccc(C(OC)C(=O)[O-])cc3)cn2)cc1. The molecule has 0 saturated carbocycles. The molecule has 1 heterocycles. The number of aliphatic carboxylic acids is 1. The Morgan fingerprint density at radius 1 is 0.667 bits per heavy atom. The fourth-order valence-electron chi connectivity index (χ4n) is 5.27. The number of aromatic nitrogens is 2. The Kier molecular flexibility index (Phi) is 8.26. The summed E-state index contributed by atoms with van der Waals surface area (Å²) < 4.78 is 23.4. The maximum atomic E-state index is 11.5. The number of carbonyl (C=O) groups is 1. The van der Waals surface area contributed by atoms with Crippen LogP contribution < -0.4 is 19.3 Å². The molecule has 0 spiro atoms. The average molecular weight is 564 g/mol. The van der Waals surface area contributed by atoms with E-state index in [1.165, 1.54) is 7.11 Å². The minimum Gasteiger partial charge on any atom is -0.547 e. The smallest absolute Gasteiger partial charge is 0.138 e. The first kappa shape index (κ1) is 28.4.